The van der Waals surface area contributed by atoms with E-state index in [1.165, 1.54) is 9.87 Å². The fourth-order valence-corrected chi connectivity index (χ4v) is 3.36. The lowest BCUT2D eigenvalue weighted by atomic mass is 9.96. The lowest BCUT2D eigenvalue weighted by molar-refractivity contribution is -0.126. The van der Waals surface area contributed by atoms with Gasteiger partial charge in [-0.25, -0.2) is 5.14 Å². The number of carbonyl (C=O) groups is 1. The fraction of sp³-hybridized carbons (Fsp3) is 0.533. The molecular weight excluding hydrogens is 302 g/mol. The molecule has 1 amide bonds. The smallest absolute Gasteiger partial charge is 0.276 e. The van der Waals surface area contributed by atoms with Crippen LogP contribution in [0.5, 0.6) is 0 Å². The zero-order valence-electron chi connectivity index (χ0n) is 13.0. The van der Waals surface area contributed by atoms with Gasteiger partial charge in [-0.15, -0.1) is 0 Å². The van der Waals surface area contributed by atoms with Gasteiger partial charge in [0.2, 0.25) is 5.91 Å². The summed E-state index contributed by atoms with van der Waals surface area (Å²) in [5, 5.41) is 8.10. The van der Waals surface area contributed by atoms with E-state index in [4.69, 9.17) is 5.14 Å². The topological polar surface area (TPSA) is 92.5 Å². The summed E-state index contributed by atoms with van der Waals surface area (Å²) in [6.45, 7) is 4.57. The number of nitrogens with two attached hydrogens (primary N) is 1. The van der Waals surface area contributed by atoms with E-state index >= 15 is 0 Å². The van der Waals surface area contributed by atoms with Crippen LogP contribution in [0.1, 0.15) is 36.9 Å². The second-order valence-corrected chi connectivity index (χ2v) is 7.41. The van der Waals surface area contributed by atoms with E-state index in [0.29, 0.717) is 25.9 Å². The Morgan fingerprint density at radius 3 is 2.32 bits per heavy atom. The molecule has 1 heterocycles. The normalized spacial score (nSPS) is 18.9. The van der Waals surface area contributed by atoms with E-state index in [2.05, 4.69) is 5.32 Å². The first kappa shape index (κ1) is 16.9. The van der Waals surface area contributed by atoms with Crippen LogP contribution in [0.2, 0.25) is 0 Å². The summed E-state index contributed by atoms with van der Waals surface area (Å²) in [7, 11) is -3.64. The number of piperidine rings is 1. The second kappa shape index (κ2) is 6.76. The lowest BCUT2D eigenvalue weighted by Gasteiger charge is -2.29. The summed E-state index contributed by atoms with van der Waals surface area (Å²) in [5.41, 5.74) is 2.23. The molecule has 0 aliphatic carbocycles. The molecule has 0 aromatic heterocycles. The predicted molar refractivity (Wildman–Crippen MR) is 85.1 cm³/mol. The molecule has 1 aromatic rings. The first-order chi connectivity index (χ1) is 10.3. The Bertz CT molecular complexity index is 620. The maximum absolute atomic E-state index is 12.3. The van der Waals surface area contributed by atoms with Gasteiger partial charge in [0.05, 0.1) is 6.04 Å². The third-order valence-electron chi connectivity index (χ3n) is 4.12. The first-order valence-corrected chi connectivity index (χ1v) is 8.92. The third-order valence-corrected chi connectivity index (χ3v) is 5.21. The van der Waals surface area contributed by atoms with E-state index in [1.807, 2.05) is 38.1 Å². The largest absolute Gasteiger partial charge is 0.349 e. The van der Waals surface area contributed by atoms with Gasteiger partial charge >= 0.3 is 0 Å². The van der Waals surface area contributed by atoms with Crippen LogP contribution in [0.3, 0.4) is 0 Å². The van der Waals surface area contributed by atoms with Crippen molar-refractivity contribution in [1.29, 1.82) is 0 Å². The highest BCUT2D eigenvalue weighted by atomic mass is 32.2. The average Bonchev–Trinajstić information content (AvgIpc) is 2.47. The number of hydrogen-bond acceptors (Lipinski definition) is 3. The molecule has 0 spiro atoms. The van der Waals surface area contributed by atoms with Gasteiger partial charge in [-0.3, -0.25) is 4.79 Å². The minimum atomic E-state index is -3.64. The van der Waals surface area contributed by atoms with Gasteiger partial charge in [-0.1, -0.05) is 29.8 Å². The van der Waals surface area contributed by atoms with Crippen molar-refractivity contribution >= 4 is 16.1 Å². The van der Waals surface area contributed by atoms with Crippen molar-refractivity contribution in [1.82, 2.24) is 9.62 Å². The Hall–Kier alpha value is -1.44. The van der Waals surface area contributed by atoms with Gasteiger partial charge in [-0.05, 0) is 32.3 Å². The predicted octanol–water partition coefficient (Wildman–Crippen LogP) is 1.09. The van der Waals surface area contributed by atoms with Crippen molar-refractivity contribution in [3.63, 3.8) is 0 Å². The zero-order valence-corrected chi connectivity index (χ0v) is 13.8. The van der Waals surface area contributed by atoms with Gasteiger partial charge < -0.3 is 5.32 Å². The van der Waals surface area contributed by atoms with Crippen molar-refractivity contribution in [2.24, 2.45) is 11.1 Å². The van der Waals surface area contributed by atoms with Crippen molar-refractivity contribution in [3.05, 3.63) is 35.4 Å². The van der Waals surface area contributed by atoms with Crippen LogP contribution in [-0.2, 0) is 15.0 Å². The average molecular weight is 325 g/mol. The third kappa shape index (κ3) is 4.28. The molecule has 1 atom stereocenters. The van der Waals surface area contributed by atoms with Gasteiger partial charge in [0.25, 0.3) is 10.2 Å². The molecule has 122 valence electrons. The van der Waals surface area contributed by atoms with Crippen LogP contribution in [0, 0.1) is 12.8 Å². The molecule has 1 aromatic carbocycles. The molecule has 1 aliphatic rings. The SMILES string of the molecule is Cc1ccc([C@H](C)NC(=O)C2CCN(S(N)(=O)=O)CC2)cc1. The maximum atomic E-state index is 12.3. The summed E-state index contributed by atoms with van der Waals surface area (Å²) >= 11 is 0. The van der Waals surface area contributed by atoms with Crippen molar-refractivity contribution in [2.75, 3.05) is 13.1 Å². The van der Waals surface area contributed by atoms with Gasteiger partial charge in [-0.2, -0.15) is 12.7 Å². The molecule has 2 rings (SSSR count). The number of aryl methyl sites for hydroxylation is 1. The van der Waals surface area contributed by atoms with Crippen LogP contribution in [0.25, 0.3) is 0 Å². The summed E-state index contributed by atoms with van der Waals surface area (Å²) in [5.74, 6) is -0.187. The van der Waals surface area contributed by atoms with Crippen molar-refractivity contribution in [2.45, 2.75) is 32.7 Å². The molecular formula is C15H23N3O3S. The zero-order chi connectivity index (χ0) is 16.3. The van der Waals surface area contributed by atoms with Crippen LogP contribution in [0.4, 0.5) is 0 Å². The number of nitrogens with zero attached hydrogens (tertiary/aromatic N) is 1. The standard InChI is InChI=1S/C15H23N3O3S/c1-11-3-5-13(6-4-11)12(2)17-15(19)14-7-9-18(10-8-14)22(16,20)21/h3-6,12,14H,7-10H2,1-2H3,(H,17,19)(H2,16,20,21)/t12-/m0/s1. The molecule has 6 nitrogen and oxygen atoms in total. The Kier molecular flexibility index (Phi) is 5.20. The van der Waals surface area contributed by atoms with Crippen LogP contribution in [0.15, 0.2) is 24.3 Å². The minimum absolute atomic E-state index is 0.0258. The number of hydrogen-bond donors (Lipinski definition) is 2. The van der Waals surface area contributed by atoms with E-state index in [9.17, 15) is 13.2 Å². The lowest BCUT2D eigenvalue weighted by Crippen LogP contribution is -2.45. The van der Waals surface area contributed by atoms with Crippen molar-refractivity contribution < 1.29 is 13.2 Å². The molecule has 0 unspecified atom stereocenters. The number of benzene rings is 1. The van der Waals surface area contributed by atoms with Crippen LogP contribution in [-0.4, -0.2) is 31.7 Å². The second-order valence-electron chi connectivity index (χ2n) is 5.86. The highest BCUT2D eigenvalue weighted by molar-refractivity contribution is 7.86. The van der Waals surface area contributed by atoms with E-state index < -0.39 is 10.2 Å². The summed E-state index contributed by atoms with van der Waals surface area (Å²) in [4.78, 5) is 12.3. The number of rotatable bonds is 4. The number of nitrogens with one attached hydrogen (secondary N) is 1. The molecule has 3 N–H and O–H groups in total. The molecule has 22 heavy (non-hydrogen) atoms. The fourth-order valence-electron chi connectivity index (χ4n) is 2.64. The molecule has 1 aliphatic heterocycles. The van der Waals surface area contributed by atoms with Gasteiger partial charge in [0.15, 0.2) is 0 Å². The van der Waals surface area contributed by atoms with E-state index in [0.717, 1.165) is 5.56 Å². The maximum Gasteiger partial charge on any atom is 0.276 e. The Balaban J connectivity index is 1.89. The van der Waals surface area contributed by atoms with E-state index in [-0.39, 0.29) is 17.9 Å². The Morgan fingerprint density at radius 2 is 1.82 bits per heavy atom. The number of amides is 1. The molecule has 7 heteroatoms. The van der Waals surface area contributed by atoms with E-state index in [1.54, 1.807) is 0 Å². The Morgan fingerprint density at radius 1 is 1.27 bits per heavy atom. The Labute approximate surface area is 131 Å². The highest BCUT2D eigenvalue weighted by Crippen LogP contribution is 2.20. The summed E-state index contributed by atoms with van der Waals surface area (Å²) in [6.07, 6.45) is 1.01. The highest BCUT2D eigenvalue weighted by Gasteiger charge is 2.29. The van der Waals surface area contributed by atoms with Gasteiger partial charge in [0.1, 0.15) is 0 Å². The van der Waals surface area contributed by atoms with Crippen LogP contribution < -0.4 is 10.5 Å². The van der Waals surface area contributed by atoms with Crippen LogP contribution >= 0.6 is 0 Å². The minimum Gasteiger partial charge on any atom is -0.349 e. The molecule has 1 saturated heterocycles. The molecule has 1 fully saturated rings. The molecule has 0 saturated carbocycles. The molecule has 0 radical (unpaired) electrons. The summed E-state index contributed by atoms with van der Waals surface area (Å²) < 4.78 is 23.7. The quantitative estimate of drug-likeness (QED) is 0.868. The molecule has 0 bridgehead atoms. The number of carbonyl (C=O) groups excluding carboxylic acids is 1. The first-order valence-electron chi connectivity index (χ1n) is 7.42. The van der Waals surface area contributed by atoms with Crippen molar-refractivity contribution in [3.8, 4) is 0 Å². The monoisotopic (exact) mass is 325 g/mol. The van der Waals surface area contributed by atoms with Gasteiger partial charge in [0, 0.05) is 19.0 Å². The summed E-state index contributed by atoms with van der Waals surface area (Å²) in [6, 6.07) is 7.98.